The molecule has 0 spiro atoms. The van der Waals surface area contributed by atoms with Gasteiger partial charge >= 0.3 is 6.03 Å². The molecule has 16 heavy (non-hydrogen) atoms. The van der Waals surface area contributed by atoms with E-state index in [1.165, 1.54) is 0 Å². The van der Waals surface area contributed by atoms with Gasteiger partial charge in [0.15, 0.2) is 6.10 Å². The standard InChI is InChI=1S/C11H14N2O3/c1-7-5-3-4-6-9(7)16-8(2)10(14)13-11(12)15/h3-6,8H,1-2H3,(H3,12,13,14,15). The summed E-state index contributed by atoms with van der Waals surface area (Å²) in [6.45, 7) is 3.42. The van der Waals surface area contributed by atoms with Gasteiger partial charge in [0.1, 0.15) is 5.75 Å². The molecule has 1 rings (SSSR count). The number of nitrogens with two attached hydrogens (primary N) is 1. The number of nitrogens with one attached hydrogen (secondary N) is 1. The normalized spacial score (nSPS) is 11.6. The number of primary amides is 1. The number of para-hydroxylation sites is 1. The molecule has 5 nitrogen and oxygen atoms in total. The van der Waals surface area contributed by atoms with Crippen LogP contribution in [0.25, 0.3) is 0 Å². The summed E-state index contributed by atoms with van der Waals surface area (Å²) in [6.07, 6.45) is -0.770. The Morgan fingerprint density at radius 1 is 1.38 bits per heavy atom. The van der Waals surface area contributed by atoms with Gasteiger partial charge in [-0.05, 0) is 25.5 Å². The van der Waals surface area contributed by atoms with E-state index in [2.05, 4.69) is 0 Å². The van der Waals surface area contributed by atoms with Gasteiger partial charge in [-0.25, -0.2) is 4.79 Å². The van der Waals surface area contributed by atoms with Gasteiger partial charge in [-0.1, -0.05) is 18.2 Å². The summed E-state index contributed by atoms with van der Waals surface area (Å²) in [5, 5.41) is 1.96. The number of urea groups is 1. The lowest BCUT2D eigenvalue weighted by molar-refractivity contribution is -0.126. The number of carbonyl (C=O) groups excluding carboxylic acids is 2. The van der Waals surface area contributed by atoms with E-state index in [4.69, 9.17) is 10.5 Å². The number of benzene rings is 1. The molecule has 1 atom stereocenters. The Hall–Kier alpha value is -2.04. The van der Waals surface area contributed by atoms with Gasteiger partial charge in [-0.3, -0.25) is 10.1 Å². The van der Waals surface area contributed by atoms with E-state index in [0.29, 0.717) is 5.75 Å². The van der Waals surface area contributed by atoms with Crippen molar-refractivity contribution in [1.82, 2.24) is 5.32 Å². The molecule has 0 bridgehead atoms. The highest BCUT2D eigenvalue weighted by atomic mass is 16.5. The lowest BCUT2D eigenvalue weighted by atomic mass is 10.2. The highest BCUT2D eigenvalue weighted by Gasteiger charge is 2.16. The minimum Gasteiger partial charge on any atom is -0.481 e. The van der Waals surface area contributed by atoms with Crippen LogP contribution in [0.5, 0.6) is 5.75 Å². The van der Waals surface area contributed by atoms with Gasteiger partial charge < -0.3 is 10.5 Å². The SMILES string of the molecule is Cc1ccccc1OC(C)C(=O)NC(N)=O. The Morgan fingerprint density at radius 3 is 2.56 bits per heavy atom. The highest BCUT2D eigenvalue weighted by molar-refractivity contribution is 5.95. The van der Waals surface area contributed by atoms with Crippen LogP contribution in [-0.2, 0) is 4.79 Å². The molecule has 0 saturated heterocycles. The minimum atomic E-state index is -0.884. The second-order valence-electron chi connectivity index (χ2n) is 3.38. The number of imide groups is 1. The number of amides is 3. The Labute approximate surface area is 93.6 Å². The third-order valence-electron chi connectivity index (χ3n) is 2.01. The first-order chi connectivity index (χ1) is 7.50. The molecule has 0 aliphatic heterocycles. The molecule has 0 aliphatic carbocycles. The maximum atomic E-state index is 11.3. The number of ether oxygens (including phenoxy) is 1. The zero-order valence-corrected chi connectivity index (χ0v) is 9.19. The fourth-order valence-corrected chi connectivity index (χ4v) is 1.16. The number of hydrogen-bond acceptors (Lipinski definition) is 3. The Balaban J connectivity index is 2.64. The monoisotopic (exact) mass is 222 g/mol. The molecule has 1 aromatic rings. The summed E-state index contributed by atoms with van der Waals surface area (Å²) in [5.74, 6) is 0.0466. The van der Waals surface area contributed by atoms with E-state index in [9.17, 15) is 9.59 Å². The van der Waals surface area contributed by atoms with Crippen molar-refractivity contribution < 1.29 is 14.3 Å². The molecule has 0 radical (unpaired) electrons. The van der Waals surface area contributed by atoms with Gasteiger partial charge in [0.2, 0.25) is 0 Å². The number of hydrogen-bond donors (Lipinski definition) is 2. The van der Waals surface area contributed by atoms with E-state index in [-0.39, 0.29) is 0 Å². The van der Waals surface area contributed by atoms with E-state index in [1.54, 1.807) is 19.1 Å². The molecule has 1 unspecified atom stereocenters. The first kappa shape index (κ1) is 12.0. The molecule has 3 N–H and O–H groups in total. The van der Waals surface area contributed by atoms with Gasteiger partial charge in [0.25, 0.3) is 5.91 Å². The minimum absolute atomic E-state index is 0.559. The van der Waals surface area contributed by atoms with E-state index < -0.39 is 18.0 Å². The Kier molecular flexibility index (Phi) is 3.88. The van der Waals surface area contributed by atoms with E-state index in [0.717, 1.165) is 5.56 Å². The second kappa shape index (κ2) is 5.16. The average molecular weight is 222 g/mol. The summed E-state index contributed by atoms with van der Waals surface area (Å²) in [7, 11) is 0. The van der Waals surface area contributed by atoms with Crippen LogP contribution in [0.3, 0.4) is 0 Å². The summed E-state index contributed by atoms with van der Waals surface area (Å²) < 4.78 is 5.39. The maximum absolute atomic E-state index is 11.3. The van der Waals surface area contributed by atoms with Gasteiger partial charge in [-0.2, -0.15) is 0 Å². The molecular formula is C11H14N2O3. The zero-order chi connectivity index (χ0) is 12.1. The van der Waals surface area contributed by atoms with Crippen molar-refractivity contribution in [2.45, 2.75) is 20.0 Å². The molecule has 0 fully saturated rings. The number of rotatable bonds is 3. The van der Waals surface area contributed by atoms with Crippen LogP contribution in [0, 0.1) is 6.92 Å². The molecular weight excluding hydrogens is 208 g/mol. The van der Waals surface area contributed by atoms with Gasteiger partial charge in [-0.15, -0.1) is 0 Å². The smallest absolute Gasteiger partial charge is 0.318 e. The summed E-state index contributed by atoms with van der Waals surface area (Å²) in [6, 6.07) is 6.42. The Bertz CT molecular complexity index is 404. The summed E-state index contributed by atoms with van der Waals surface area (Å²) >= 11 is 0. The Morgan fingerprint density at radius 2 is 2.00 bits per heavy atom. The van der Waals surface area contributed by atoms with Crippen LogP contribution in [0.1, 0.15) is 12.5 Å². The van der Waals surface area contributed by atoms with Crippen LogP contribution in [0.15, 0.2) is 24.3 Å². The van der Waals surface area contributed by atoms with Gasteiger partial charge in [0, 0.05) is 0 Å². The molecule has 0 aliphatic rings. The molecule has 0 aromatic heterocycles. The average Bonchev–Trinajstić information content (AvgIpc) is 2.20. The topological polar surface area (TPSA) is 81.4 Å². The quantitative estimate of drug-likeness (QED) is 0.799. The molecule has 5 heteroatoms. The zero-order valence-electron chi connectivity index (χ0n) is 9.19. The predicted octanol–water partition coefficient (Wildman–Crippen LogP) is 0.957. The fourth-order valence-electron chi connectivity index (χ4n) is 1.16. The van der Waals surface area contributed by atoms with Crippen LogP contribution in [0.2, 0.25) is 0 Å². The number of carbonyl (C=O) groups is 2. The third kappa shape index (κ3) is 3.27. The predicted molar refractivity (Wildman–Crippen MR) is 59.0 cm³/mol. The van der Waals surface area contributed by atoms with Crippen LogP contribution < -0.4 is 15.8 Å². The van der Waals surface area contributed by atoms with Crippen molar-refractivity contribution >= 4 is 11.9 Å². The van der Waals surface area contributed by atoms with Gasteiger partial charge in [0.05, 0.1) is 0 Å². The van der Waals surface area contributed by atoms with Crippen molar-refractivity contribution in [3.05, 3.63) is 29.8 Å². The highest BCUT2D eigenvalue weighted by Crippen LogP contribution is 2.17. The van der Waals surface area contributed by atoms with E-state index in [1.807, 2.05) is 24.4 Å². The van der Waals surface area contributed by atoms with E-state index >= 15 is 0 Å². The molecule has 0 heterocycles. The van der Waals surface area contributed by atoms with Crippen molar-refractivity contribution in [3.63, 3.8) is 0 Å². The molecule has 0 saturated carbocycles. The lowest BCUT2D eigenvalue weighted by Crippen LogP contribution is -2.42. The van der Waals surface area contributed by atoms with Crippen LogP contribution in [0.4, 0.5) is 4.79 Å². The first-order valence-electron chi connectivity index (χ1n) is 4.83. The third-order valence-corrected chi connectivity index (χ3v) is 2.01. The summed E-state index contributed by atoms with van der Waals surface area (Å²) in [4.78, 5) is 21.8. The van der Waals surface area contributed by atoms with Crippen LogP contribution in [-0.4, -0.2) is 18.0 Å². The molecule has 86 valence electrons. The largest absolute Gasteiger partial charge is 0.481 e. The molecule has 3 amide bonds. The lowest BCUT2D eigenvalue weighted by Gasteiger charge is -2.14. The van der Waals surface area contributed by atoms with Crippen molar-refractivity contribution in [2.75, 3.05) is 0 Å². The van der Waals surface area contributed by atoms with Crippen molar-refractivity contribution in [2.24, 2.45) is 5.73 Å². The number of aryl methyl sites for hydroxylation is 1. The second-order valence-corrected chi connectivity index (χ2v) is 3.38. The first-order valence-corrected chi connectivity index (χ1v) is 4.83. The summed E-state index contributed by atoms with van der Waals surface area (Å²) in [5.41, 5.74) is 5.75. The maximum Gasteiger partial charge on any atom is 0.318 e. The van der Waals surface area contributed by atoms with Crippen molar-refractivity contribution in [3.8, 4) is 5.75 Å². The van der Waals surface area contributed by atoms with Crippen molar-refractivity contribution in [1.29, 1.82) is 0 Å². The fraction of sp³-hybridized carbons (Fsp3) is 0.273. The molecule has 1 aromatic carbocycles. The van der Waals surface area contributed by atoms with Crippen LogP contribution >= 0.6 is 0 Å².